The number of nitrogens with zero attached hydrogens (tertiary/aromatic N) is 1. The maximum atomic E-state index is 5.58. The third-order valence-corrected chi connectivity index (χ3v) is 2.68. The van der Waals surface area contributed by atoms with Crippen LogP contribution in [0.3, 0.4) is 0 Å². The molecule has 2 rings (SSSR count). The van der Waals surface area contributed by atoms with Crippen molar-refractivity contribution in [1.29, 1.82) is 0 Å². The lowest BCUT2D eigenvalue weighted by atomic mass is 10.3. The van der Waals surface area contributed by atoms with Gasteiger partial charge in [0.15, 0.2) is 0 Å². The first kappa shape index (κ1) is 10.2. The minimum atomic E-state index is 0.478. The van der Waals surface area contributed by atoms with Gasteiger partial charge in [-0.25, -0.2) is 0 Å². The first-order valence-corrected chi connectivity index (χ1v) is 5.43. The van der Waals surface area contributed by atoms with Gasteiger partial charge in [0.25, 0.3) is 0 Å². The zero-order valence-electron chi connectivity index (χ0n) is 8.06. The van der Waals surface area contributed by atoms with Gasteiger partial charge in [-0.3, -0.25) is 4.98 Å². The lowest BCUT2D eigenvalue weighted by Gasteiger charge is -2.06. The minimum absolute atomic E-state index is 0.478. The molecule has 0 bridgehead atoms. The predicted molar refractivity (Wildman–Crippen MR) is 62.7 cm³/mol. The zero-order valence-corrected chi connectivity index (χ0v) is 9.65. The topological polar surface area (TPSA) is 22.1 Å². The van der Waals surface area contributed by atoms with Crippen molar-refractivity contribution in [3.63, 3.8) is 0 Å². The van der Waals surface area contributed by atoms with Crippen LogP contribution in [-0.2, 0) is 6.61 Å². The van der Waals surface area contributed by atoms with Gasteiger partial charge in [-0.1, -0.05) is 18.2 Å². The van der Waals surface area contributed by atoms with Crippen LogP contribution in [0.5, 0.6) is 5.75 Å². The highest BCUT2D eigenvalue weighted by atomic mass is 79.9. The standard InChI is InChI=1S/C12H10BrNO/c13-11-7-4-8-14-12(11)9-15-10-5-2-1-3-6-10/h1-8H,9H2. The van der Waals surface area contributed by atoms with E-state index >= 15 is 0 Å². The number of aromatic nitrogens is 1. The summed E-state index contributed by atoms with van der Waals surface area (Å²) in [6.45, 7) is 0.478. The molecule has 0 unspecified atom stereocenters. The number of rotatable bonds is 3. The Labute approximate surface area is 97.1 Å². The Morgan fingerprint density at radius 3 is 2.60 bits per heavy atom. The molecule has 0 spiro atoms. The van der Waals surface area contributed by atoms with Crippen LogP contribution >= 0.6 is 15.9 Å². The van der Waals surface area contributed by atoms with Gasteiger partial charge in [0.1, 0.15) is 12.4 Å². The van der Waals surface area contributed by atoms with Gasteiger partial charge in [-0.05, 0) is 40.2 Å². The van der Waals surface area contributed by atoms with Crippen LogP contribution in [0, 0.1) is 0 Å². The van der Waals surface area contributed by atoms with Gasteiger partial charge in [0.05, 0.1) is 5.69 Å². The molecule has 2 aromatic rings. The monoisotopic (exact) mass is 263 g/mol. The molecule has 0 amide bonds. The first-order valence-electron chi connectivity index (χ1n) is 4.63. The van der Waals surface area contributed by atoms with E-state index in [1.807, 2.05) is 42.5 Å². The van der Waals surface area contributed by atoms with E-state index < -0.39 is 0 Å². The molecule has 15 heavy (non-hydrogen) atoms. The van der Waals surface area contributed by atoms with Crippen LogP contribution in [0.15, 0.2) is 53.1 Å². The second-order valence-electron chi connectivity index (χ2n) is 3.03. The quantitative estimate of drug-likeness (QED) is 0.847. The fourth-order valence-corrected chi connectivity index (χ4v) is 1.56. The molecule has 0 aliphatic carbocycles. The summed E-state index contributed by atoms with van der Waals surface area (Å²) in [6.07, 6.45) is 1.76. The lowest BCUT2D eigenvalue weighted by molar-refractivity contribution is 0.300. The highest BCUT2D eigenvalue weighted by Crippen LogP contribution is 2.16. The smallest absolute Gasteiger partial charge is 0.131 e. The summed E-state index contributed by atoms with van der Waals surface area (Å²) < 4.78 is 6.55. The molecule has 1 aromatic carbocycles. The second kappa shape index (κ2) is 4.94. The molecule has 0 aliphatic rings. The molecule has 76 valence electrons. The van der Waals surface area contributed by atoms with Crippen molar-refractivity contribution in [2.75, 3.05) is 0 Å². The Balaban J connectivity index is 2.03. The Bertz CT molecular complexity index is 431. The molecule has 3 heteroatoms. The molecule has 0 saturated heterocycles. The average molecular weight is 264 g/mol. The molecule has 0 fully saturated rings. The van der Waals surface area contributed by atoms with Gasteiger partial charge >= 0.3 is 0 Å². The van der Waals surface area contributed by atoms with Gasteiger partial charge in [-0.2, -0.15) is 0 Å². The Morgan fingerprint density at radius 2 is 1.87 bits per heavy atom. The summed E-state index contributed by atoms with van der Waals surface area (Å²) in [5, 5.41) is 0. The summed E-state index contributed by atoms with van der Waals surface area (Å²) in [6, 6.07) is 13.6. The number of hydrogen-bond donors (Lipinski definition) is 0. The SMILES string of the molecule is Brc1cccnc1COc1ccccc1. The number of para-hydroxylation sites is 1. The van der Waals surface area contributed by atoms with Crippen molar-refractivity contribution in [2.45, 2.75) is 6.61 Å². The normalized spacial score (nSPS) is 9.93. The fraction of sp³-hybridized carbons (Fsp3) is 0.0833. The largest absolute Gasteiger partial charge is 0.487 e. The predicted octanol–water partition coefficient (Wildman–Crippen LogP) is 3.42. The highest BCUT2D eigenvalue weighted by Gasteiger charge is 2.00. The molecule has 2 nitrogen and oxygen atoms in total. The van der Waals surface area contributed by atoms with Crippen molar-refractivity contribution in [2.24, 2.45) is 0 Å². The van der Waals surface area contributed by atoms with Crippen LogP contribution in [0.1, 0.15) is 5.69 Å². The molecule has 0 aliphatic heterocycles. The summed E-state index contributed by atoms with van der Waals surface area (Å²) in [4.78, 5) is 4.22. The van der Waals surface area contributed by atoms with Crippen LogP contribution < -0.4 is 4.74 Å². The van der Waals surface area contributed by atoms with Crippen LogP contribution in [0.4, 0.5) is 0 Å². The van der Waals surface area contributed by atoms with E-state index in [0.717, 1.165) is 15.9 Å². The van der Waals surface area contributed by atoms with Crippen molar-refractivity contribution in [3.8, 4) is 5.75 Å². The number of halogens is 1. The van der Waals surface area contributed by atoms with Crippen LogP contribution in [0.2, 0.25) is 0 Å². The Hall–Kier alpha value is -1.35. The lowest BCUT2D eigenvalue weighted by Crippen LogP contribution is -1.98. The van der Waals surface area contributed by atoms with Gasteiger partial charge < -0.3 is 4.74 Å². The van der Waals surface area contributed by atoms with Gasteiger partial charge in [-0.15, -0.1) is 0 Å². The van der Waals surface area contributed by atoms with E-state index in [1.165, 1.54) is 0 Å². The molecule has 1 heterocycles. The Morgan fingerprint density at radius 1 is 1.07 bits per heavy atom. The van der Waals surface area contributed by atoms with Crippen molar-refractivity contribution in [3.05, 3.63) is 58.8 Å². The van der Waals surface area contributed by atoms with E-state index in [2.05, 4.69) is 20.9 Å². The maximum absolute atomic E-state index is 5.58. The third kappa shape index (κ3) is 2.80. The van der Waals surface area contributed by atoms with Crippen molar-refractivity contribution >= 4 is 15.9 Å². The number of benzene rings is 1. The average Bonchev–Trinajstić information content (AvgIpc) is 2.29. The van der Waals surface area contributed by atoms with Gasteiger partial charge in [0, 0.05) is 10.7 Å². The summed E-state index contributed by atoms with van der Waals surface area (Å²) in [7, 11) is 0. The van der Waals surface area contributed by atoms with E-state index in [1.54, 1.807) is 6.20 Å². The van der Waals surface area contributed by atoms with Crippen LogP contribution in [0.25, 0.3) is 0 Å². The molecule has 1 aromatic heterocycles. The minimum Gasteiger partial charge on any atom is -0.487 e. The van der Waals surface area contributed by atoms with E-state index in [0.29, 0.717) is 6.61 Å². The number of ether oxygens (including phenoxy) is 1. The first-order chi connectivity index (χ1) is 7.36. The van der Waals surface area contributed by atoms with Crippen molar-refractivity contribution in [1.82, 2.24) is 4.98 Å². The Kier molecular flexibility index (Phi) is 3.35. The molecule has 0 saturated carbocycles. The molecule has 0 radical (unpaired) electrons. The summed E-state index contributed by atoms with van der Waals surface area (Å²) in [5.41, 5.74) is 0.904. The number of hydrogen-bond acceptors (Lipinski definition) is 2. The van der Waals surface area contributed by atoms with E-state index in [9.17, 15) is 0 Å². The molecule has 0 N–H and O–H groups in total. The summed E-state index contributed by atoms with van der Waals surface area (Å²) in [5.74, 6) is 0.857. The fourth-order valence-electron chi connectivity index (χ4n) is 1.19. The van der Waals surface area contributed by atoms with Crippen molar-refractivity contribution < 1.29 is 4.74 Å². The molecule has 0 atom stereocenters. The molecular weight excluding hydrogens is 254 g/mol. The van der Waals surface area contributed by atoms with Gasteiger partial charge in [0.2, 0.25) is 0 Å². The summed E-state index contributed by atoms with van der Waals surface area (Å²) >= 11 is 3.43. The second-order valence-corrected chi connectivity index (χ2v) is 3.89. The number of pyridine rings is 1. The van der Waals surface area contributed by atoms with E-state index in [4.69, 9.17) is 4.74 Å². The third-order valence-electron chi connectivity index (χ3n) is 1.95. The van der Waals surface area contributed by atoms with Crippen LogP contribution in [-0.4, -0.2) is 4.98 Å². The highest BCUT2D eigenvalue weighted by molar-refractivity contribution is 9.10. The maximum Gasteiger partial charge on any atom is 0.131 e. The van der Waals surface area contributed by atoms with E-state index in [-0.39, 0.29) is 0 Å². The zero-order chi connectivity index (χ0) is 10.5. The molecular formula is C12H10BrNO.